The molecule has 0 radical (unpaired) electrons. The van der Waals surface area contributed by atoms with Crippen molar-refractivity contribution in [1.29, 1.82) is 0 Å². The minimum absolute atomic E-state index is 0.115. The van der Waals surface area contributed by atoms with Crippen LogP contribution in [-0.2, 0) is 4.74 Å². The van der Waals surface area contributed by atoms with Gasteiger partial charge in [0, 0.05) is 42.7 Å². The zero-order valence-electron chi connectivity index (χ0n) is 18.1. The first-order chi connectivity index (χ1) is 15.7. The van der Waals surface area contributed by atoms with E-state index in [-0.39, 0.29) is 17.6 Å². The molecule has 0 amide bonds. The number of rotatable bonds is 5. The molecule has 32 heavy (non-hydrogen) atoms. The van der Waals surface area contributed by atoms with E-state index in [1.54, 1.807) is 6.20 Å². The van der Waals surface area contributed by atoms with Gasteiger partial charge in [0.2, 0.25) is 0 Å². The number of pyridine rings is 2. The Hall–Kier alpha value is -3.10. The number of benzene rings is 1. The third-order valence-electron chi connectivity index (χ3n) is 6.41. The highest BCUT2D eigenvalue weighted by molar-refractivity contribution is 5.94. The van der Waals surface area contributed by atoms with Crippen molar-refractivity contribution in [2.45, 2.75) is 37.8 Å². The zero-order valence-corrected chi connectivity index (χ0v) is 18.1. The second-order valence-electron chi connectivity index (χ2n) is 8.60. The van der Waals surface area contributed by atoms with E-state index in [9.17, 15) is 4.79 Å². The number of ether oxygens (including phenoxy) is 1. The second kappa shape index (κ2) is 9.18. The lowest BCUT2D eigenvalue weighted by atomic mass is 9.91. The summed E-state index contributed by atoms with van der Waals surface area (Å²) < 4.78 is 5.44. The van der Waals surface area contributed by atoms with Crippen molar-refractivity contribution in [3.8, 4) is 0 Å². The largest absolute Gasteiger partial charge is 0.378 e. The summed E-state index contributed by atoms with van der Waals surface area (Å²) in [7, 11) is 0. The molecule has 5 rings (SSSR count). The minimum atomic E-state index is -0.164. The van der Waals surface area contributed by atoms with E-state index >= 15 is 0 Å². The molecule has 0 spiro atoms. The Morgan fingerprint density at radius 1 is 1.09 bits per heavy atom. The third-order valence-corrected chi connectivity index (χ3v) is 6.41. The van der Waals surface area contributed by atoms with Crippen LogP contribution in [0.25, 0.3) is 10.8 Å². The fraction of sp³-hybridized carbons (Fsp3) is 0.417. The number of nitrogens with zero attached hydrogens (tertiary/aromatic N) is 2. The van der Waals surface area contributed by atoms with Gasteiger partial charge in [0.25, 0.3) is 5.56 Å². The molecule has 2 unspecified atom stereocenters. The SMILES string of the molecule is NC1CCCCC1Nc1cc2cc[nH]c(=O)c2c(Nc2ccc(N3CCOCC3)cc2)n1. The standard InChI is InChI=1S/C24H30N6O2/c25-19-3-1-2-4-20(19)28-21-15-16-9-10-26-24(31)22(16)23(29-21)27-17-5-7-18(8-6-17)30-11-13-32-14-12-30/h5-10,15,19-20H,1-4,11-14,25H2,(H,26,31)(H2,27,28,29). The maximum Gasteiger partial charge on any atom is 0.259 e. The van der Waals surface area contributed by atoms with E-state index in [1.165, 1.54) is 12.8 Å². The molecule has 1 aliphatic heterocycles. The Balaban J connectivity index is 1.43. The first-order valence-corrected chi connectivity index (χ1v) is 11.4. The van der Waals surface area contributed by atoms with Gasteiger partial charge in [0.15, 0.2) is 0 Å². The molecule has 8 nitrogen and oxygen atoms in total. The molecule has 0 bridgehead atoms. The van der Waals surface area contributed by atoms with Crippen molar-refractivity contribution in [2.24, 2.45) is 5.73 Å². The van der Waals surface area contributed by atoms with Gasteiger partial charge in [-0.25, -0.2) is 4.98 Å². The number of aromatic nitrogens is 2. The molecule has 168 valence electrons. The Morgan fingerprint density at radius 2 is 1.88 bits per heavy atom. The van der Waals surface area contributed by atoms with Gasteiger partial charge in [0.05, 0.1) is 18.6 Å². The molecule has 3 aromatic rings. The second-order valence-corrected chi connectivity index (χ2v) is 8.60. The molecule has 2 fully saturated rings. The quantitative estimate of drug-likeness (QED) is 0.488. The van der Waals surface area contributed by atoms with Crippen LogP contribution in [0.3, 0.4) is 0 Å². The lowest BCUT2D eigenvalue weighted by Crippen LogP contribution is -2.42. The fourth-order valence-electron chi connectivity index (χ4n) is 4.62. The highest BCUT2D eigenvalue weighted by atomic mass is 16.5. The van der Waals surface area contributed by atoms with Crippen LogP contribution in [0.4, 0.5) is 23.0 Å². The summed E-state index contributed by atoms with van der Waals surface area (Å²) >= 11 is 0. The first-order valence-electron chi connectivity index (χ1n) is 11.4. The van der Waals surface area contributed by atoms with Crippen LogP contribution in [0.2, 0.25) is 0 Å². The molecule has 3 heterocycles. The minimum Gasteiger partial charge on any atom is -0.378 e. The molecule has 2 aliphatic rings. The Bertz CT molecular complexity index is 1120. The maximum atomic E-state index is 12.6. The van der Waals surface area contributed by atoms with E-state index in [2.05, 4.69) is 32.7 Å². The van der Waals surface area contributed by atoms with Crippen molar-refractivity contribution in [2.75, 3.05) is 41.8 Å². The van der Waals surface area contributed by atoms with Crippen molar-refractivity contribution in [1.82, 2.24) is 9.97 Å². The molecule has 1 aliphatic carbocycles. The number of H-pyrrole nitrogens is 1. The predicted octanol–water partition coefficient (Wildman–Crippen LogP) is 3.19. The van der Waals surface area contributed by atoms with E-state index < -0.39 is 0 Å². The number of morpholine rings is 1. The number of fused-ring (bicyclic) bond motifs is 1. The zero-order chi connectivity index (χ0) is 21.9. The van der Waals surface area contributed by atoms with Gasteiger partial charge in [-0.3, -0.25) is 4.79 Å². The van der Waals surface area contributed by atoms with Crippen LogP contribution in [0, 0.1) is 0 Å². The molecule has 5 N–H and O–H groups in total. The van der Waals surface area contributed by atoms with Gasteiger partial charge in [-0.1, -0.05) is 12.8 Å². The summed E-state index contributed by atoms with van der Waals surface area (Å²) in [6, 6.07) is 12.3. The van der Waals surface area contributed by atoms with Gasteiger partial charge >= 0.3 is 0 Å². The fourth-order valence-corrected chi connectivity index (χ4v) is 4.62. The summed E-state index contributed by atoms with van der Waals surface area (Å²) in [5.74, 6) is 1.27. The number of hydrogen-bond acceptors (Lipinski definition) is 7. The van der Waals surface area contributed by atoms with Gasteiger partial charge in [-0.2, -0.15) is 0 Å². The van der Waals surface area contributed by atoms with Gasteiger partial charge < -0.3 is 31.0 Å². The summed E-state index contributed by atoms with van der Waals surface area (Å²) in [6.07, 6.45) is 6.06. The molecule has 1 aromatic carbocycles. The summed E-state index contributed by atoms with van der Waals surface area (Å²) in [6.45, 7) is 3.29. The van der Waals surface area contributed by atoms with E-state index in [0.29, 0.717) is 11.2 Å². The highest BCUT2D eigenvalue weighted by Gasteiger charge is 2.22. The number of nitrogens with one attached hydrogen (secondary N) is 3. The lowest BCUT2D eigenvalue weighted by molar-refractivity contribution is 0.122. The van der Waals surface area contributed by atoms with E-state index in [0.717, 1.165) is 61.7 Å². The van der Waals surface area contributed by atoms with Crippen LogP contribution >= 0.6 is 0 Å². The van der Waals surface area contributed by atoms with Crippen molar-refractivity contribution >= 4 is 33.8 Å². The summed E-state index contributed by atoms with van der Waals surface area (Å²) in [5.41, 5.74) is 8.21. The topological polar surface area (TPSA) is 108 Å². The number of aromatic amines is 1. The monoisotopic (exact) mass is 434 g/mol. The Kier molecular flexibility index (Phi) is 5.96. The molecule has 2 atom stereocenters. The highest BCUT2D eigenvalue weighted by Crippen LogP contribution is 2.28. The Morgan fingerprint density at radius 3 is 2.66 bits per heavy atom. The van der Waals surface area contributed by atoms with Crippen molar-refractivity contribution in [3.63, 3.8) is 0 Å². The van der Waals surface area contributed by atoms with Crippen LogP contribution in [0.1, 0.15) is 25.7 Å². The van der Waals surface area contributed by atoms with Gasteiger partial charge in [0.1, 0.15) is 11.6 Å². The third kappa shape index (κ3) is 4.42. The average molecular weight is 435 g/mol. The molecule has 1 saturated heterocycles. The number of anilines is 4. The van der Waals surface area contributed by atoms with E-state index in [4.69, 9.17) is 15.5 Å². The van der Waals surface area contributed by atoms with Crippen molar-refractivity contribution in [3.05, 3.63) is 52.9 Å². The first kappa shape index (κ1) is 20.8. The number of hydrogen-bond donors (Lipinski definition) is 4. The normalized spacial score (nSPS) is 21.5. The molecular weight excluding hydrogens is 404 g/mol. The maximum absolute atomic E-state index is 12.6. The molecule has 1 saturated carbocycles. The van der Waals surface area contributed by atoms with Gasteiger partial charge in [-0.05, 0) is 54.6 Å². The smallest absolute Gasteiger partial charge is 0.259 e. The van der Waals surface area contributed by atoms with Crippen LogP contribution in [-0.4, -0.2) is 48.4 Å². The molecular formula is C24H30N6O2. The summed E-state index contributed by atoms with van der Waals surface area (Å²) in [5, 5.41) is 8.26. The molecule has 8 heteroatoms. The Labute approximate surface area is 187 Å². The van der Waals surface area contributed by atoms with Gasteiger partial charge in [-0.15, -0.1) is 0 Å². The lowest BCUT2D eigenvalue weighted by Gasteiger charge is -2.30. The van der Waals surface area contributed by atoms with Crippen LogP contribution in [0.15, 0.2) is 47.4 Å². The van der Waals surface area contributed by atoms with Crippen molar-refractivity contribution < 1.29 is 4.74 Å². The molecule has 2 aromatic heterocycles. The van der Waals surface area contributed by atoms with Crippen LogP contribution in [0.5, 0.6) is 0 Å². The van der Waals surface area contributed by atoms with Crippen LogP contribution < -0.4 is 26.8 Å². The summed E-state index contributed by atoms with van der Waals surface area (Å²) in [4.78, 5) is 22.5. The average Bonchev–Trinajstić information content (AvgIpc) is 2.82. The predicted molar refractivity (Wildman–Crippen MR) is 129 cm³/mol. The number of nitrogens with two attached hydrogens (primary N) is 1. The van der Waals surface area contributed by atoms with E-state index in [1.807, 2.05) is 24.3 Å².